The van der Waals surface area contributed by atoms with Crippen LogP contribution in [0.3, 0.4) is 0 Å². The van der Waals surface area contributed by atoms with Crippen molar-refractivity contribution in [2.24, 2.45) is 4.99 Å². The largest absolute Gasteiger partial charge is 0.368 e. The fraction of sp³-hybridized carbons (Fsp3) is 0.611. The Morgan fingerprint density at radius 3 is 2.33 bits per heavy atom. The normalized spacial score (nSPS) is 17.8. The van der Waals surface area contributed by atoms with Gasteiger partial charge in [0.1, 0.15) is 0 Å². The molecule has 0 aromatic heterocycles. The summed E-state index contributed by atoms with van der Waals surface area (Å²) in [5.41, 5.74) is 1.28. The Morgan fingerprint density at radius 1 is 1.17 bits per heavy atom. The summed E-state index contributed by atoms with van der Waals surface area (Å²) in [5, 5.41) is 3.36. The first-order valence-electron chi connectivity index (χ1n) is 8.56. The zero-order chi connectivity index (χ0) is 17.6. The van der Waals surface area contributed by atoms with E-state index in [1.54, 1.807) is 0 Å². The Bertz CT molecular complexity index is 560. The monoisotopic (exact) mass is 350 g/mol. The molecule has 1 heterocycles. The number of nitrogens with one attached hydrogen (secondary N) is 1. The van der Waals surface area contributed by atoms with Crippen LogP contribution in [-0.2, 0) is 10.8 Å². The van der Waals surface area contributed by atoms with Gasteiger partial charge in [-0.3, -0.25) is 9.20 Å². The molecule has 1 atom stereocenters. The first-order chi connectivity index (χ1) is 11.4. The highest BCUT2D eigenvalue weighted by atomic mass is 32.2. The van der Waals surface area contributed by atoms with Gasteiger partial charge >= 0.3 is 0 Å². The van der Waals surface area contributed by atoms with Crippen molar-refractivity contribution in [3.63, 3.8) is 0 Å². The second-order valence-corrected chi connectivity index (χ2v) is 9.27. The van der Waals surface area contributed by atoms with Crippen molar-refractivity contribution in [3.8, 4) is 0 Å². The SMILES string of the molecule is CN=C(NCCS(=O)C(C)(C)C)N1CCN(c2ccccc2)CC1. The standard InChI is InChI=1S/C18H30N4OS/c1-18(2,3)24(23)15-10-20-17(19-4)22-13-11-21(12-14-22)16-8-6-5-7-9-16/h5-9H,10-15H2,1-4H3,(H,19,20). The zero-order valence-electron chi connectivity index (χ0n) is 15.3. The van der Waals surface area contributed by atoms with Crippen LogP contribution in [0.15, 0.2) is 35.3 Å². The van der Waals surface area contributed by atoms with E-state index < -0.39 is 10.8 Å². The molecule has 0 amide bonds. The van der Waals surface area contributed by atoms with E-state index in [-0.39, 0.29) is 4.75 Å². The van der Waals surface area contributed by atoms with Gasteiger partial charge in [0, 0.05) is 66.8 Å². The molecule has 0 aliphatic carbocycles. The van der Waals surface area contributed by atoms with Crippen molar-refractivity contribution in [1.82, 2.24) is 10.2 Å². The number of hydrogen-bond acceptors (Lipinski definition) is 3. The molecule has 1 N–H and O–H groups in total. The Morgan fingerprint density at radius 2 is 1.79 bits per heavy atom. The van der Waals surface area contributed by atoms with Gasteiger partial charge in [0.2, 0.25) is 0 Å². The van der Waals surface area contributed by atoms with Gasteiger partial charge in [-0.15, -0.1) is 0 Å². The minimum atomic E-state index is -0.836. The molecule has 5 nitrogen and oxygen atoms in total. The lowest BCUT2D eigenvalue weighted by molar-refractivity contribution is 0.373. The lowest BCUT2D eigenvalue weighted by atomic mass is 10.2. The first kappa shape index (κ1) is 18.8. The highest BCUT2D eigenvalue weighted by Gasteiger charge is 2.21. The highest BCUT2D eigenvalue weighted by molar-refractivity contribution is 7.86. The van der Waals surface area contributed by atoms with E-state index in [1.165, 1.54) is 5.69 Å². The summed E-state index contributed by atoms with van der Waals surface area (Å²) in [6, 6.07) is 10.5. The second-order valence-electron chi connectivity index (χ2n) is 6.95. The van der Waals surface area contributed by atoms with Crippen molar-refractivity contribution < 1.29 is 4.21 Å². The van der Waals surface area contributed by atoms with E-state index in [4.69, 9.17) is 0 Å². The fourth-order valence-corrected chi connectivity index (χ4v) is 3.61. The van der Waals surface area contributed by atoms with Crippen LogP contribution in [0.25, 0.3) is 0 Å². The number of rotatable bonds is 4. The molecule has 2 rings (SSSR count). The predicted octanol–water partition coefficient (Wildman–Crippen LogP) is 1.93. The van der Waals surface area contributed by atoms with Crippen LogP contribution in [0.4, 0.5) is 5.69 Å². The van der Waals surface area contributed by atoms with Crippen molar-refractivity contribution in [1.29, 1.82) is 0 Å². The third kappa shape index (κ3) is 5.23. The zero-order valence-corrected chi connectivity index (χ0v) is 16.1. The molecule has 6 heteroatoms. The van der Waals surface area contributed by atoms with Crippen LogP contribution in [0.2, 0.25) is 0 Å². The van der Waals surface area contributed by atoms with E-state index in [0.29, 0.717) is 12.3 Å². The van der Waals surface area contributed by atoms with Crippen molar-refractivity contribution >= 4 is 22.4 Å². The lowest BCUT2D eigenvalue weighted by Crippen LogP contribution is -2.53. The molecular weight excluding hydrogens is 320 g/mol. The van der Waals surface area contributed by atoms with E-state index in [9.17, 15) is 4.21 Å². The van der Waals surface area contributed by atoms with Gasteiger partial charge in [0.25, 0.3) is 0 Å². The van der Waals surface area contributed by atoms with Crippen molar-refractivity contribution in [2.45, 2.75) is 25.5 Å². The van der Waals surface area contributed by atoms with Crippen molar-refractivity contribution in [3.05, 3.63) is 30.3 Å². The molecule has 1 aromatic rings. The molecule has 1 aliphatic rings. The molecule has 134 valence electrons. The van der Waals surface area contributed by atoms with Crippen LogP contribution in [-0.4, -0.2) is 65.3 Å². The number of nitrogens with zero attached hydrogens (tertiary/aromatic N) is 3. The smallest absolute Gasteiger partial charge is 0.193 e. The Hall–Kier alpha value is -1.56. The van der Waals surface area contributed by atoms with E-state index in [2.05, 4.69) is 44.4 Å². The predicted molar refractivity (Wildman–Crippen MR) is 104 cm³/mol. The highest BCUT2D eigenvalue weighted by Crippen LogP contribution is 2.15. The van der Waals surface area contributed by atoms with Gasteiger partial charge in [-0.25, -0.2) is 0 Å². The van der Waals surface area contributed by atoms with Gasteiger partial charge in [-0.05, 0) is 32.9 Å². The number of para-hydroxylation sites is 1. The maximum atomic E-state index is 12.1. The number of piperazine rings is 1. The van der Waals surface area contributed by atoms with Gasteiger partial charge < -0.3 is 15.1 Å². The van der Waals surface area contributed by atoms with E-state index in [1.807, 2.05) is 33.9 Å². The summed E-state index contributed by atoms with van der Waals surface area (Å²) < 4.78 is 12.0. The maximum Gasteiger partial charge on any atom is 0.193 e. The lowest BCUT2D eigenvalue weighted by Gasteiger charge is -2.37. The van der Waals surface area contributed by atoms with Gasteiger partial charge in [-0.1, -0.05) is 18.2 Å². The van der Waals surface area contributed by atoms with Crippen LogP contribution >= 0.6 is 0 Å². The Kier molecular flexibility index (Phi) is 6.66. The fourth-order valence-electron chi connectivity index (χ4n) is 2.71. The van der Waals surface area contributed by atoms with Crippen LogP contribution in [0.5, 0.6) is 0 Å². The number of anilines is 1. The number of guanidine groups is 1. The molecule has 0 radical (unpaired) electrons. The third-order valence-corrected chi connectivity index (χ3v) is 6.11. The van der Waals surface area contributed by atoms with Gasteiger partial charge in [-0.2, -0.15) is 0 Å². The number of aliphatic imine (C=N–C) groups is 1. The summed E-state index contributed by atoms with van der Waals surface area (Å²) in [6.07, 6.45) is 0. The maximum absolute atomic E-state index is 12.1. The molecule has 1 aromatic carbocycles. The molecule has 1 unspecified atom stereocenters. The van der Waals surface area contributed by atoms with E-state index >= 15 is 0 Å². The second kappa shape index (κ2) is 8.51. The van der Waals surface area contributed by atoms with E-state index in [0.717, 1.165) is 32.1 Å². The first-order valence-corrected chi connectivity index (χ1v) is 9.88. The summed E-state index contributed by atoms with van der Waals surface area (Å²) >= 11 is 0. The Labute approximate surface area is 148 Å². The molecular formula is C18H30N4OS. The molecule has 1 aliphatic heterocycles. The summed E-state index contributed by atoms with van der Waals surface area (Å²) in [6.45, 7) is 10.6. The van der Waals surface area contributed by atoms with Gasteiger partial charge in [0.15, 0.2) is 5.96 Å². The number of hydrogen-bond donors (Lipinski definition) is 1. The quantitative estimate of drug-likeness (QED) is 0.666. The van der Waals surface area contributed by atoms with Crippen LogP contribution in [0, 0.1) is 0 Å². The minimum absolute atomic E-state index is 0.160. The molecule has 1 saturated heterocycles. The summed E-state index contributed by atoms with van der Waals surface area (Å²) in [4.78, 5) is 9.06. The Balaban J connectivity index is 1.80. The average molecular weight is 351 g/mol. The molecule has 0 bridgehead atoms. The summed E-state index contributed by atoms with van der Waals surface area (Å²) in [7, 11) is 0.977. The van der Waals surface area contributed by atoms with Crippen LogP contribution in [0.1, 0.15) is 20.8 Å². The summed E-state index contributed by atoms with van der Waals surface area (Å²) in [5.74, 6) is 1.56. The van der Waals surface area contributed by atoms with Crippen LogP contribution < -0.4 is 10.2 Å². The third-order valence-electron chi connectivity index (χ3n) is 4.17. The average Bonchev–Trinajstić information content (AvgIpc) is 2.59. The molecule has 0 spiro atoms. The van der Waals surface area contributed by atoms with Gasteiger partial charge in [0.05, 0.1) is 0 Å². The molecule has 0 saturated carbocycles. The molecule has 24 heavy (non-hydrogen) atoms. The minimum Gasteiger partial charge on any atom is -0.368 e. The van der Waals surface area contributed by atoms with Crippen molar-refractivity contribution in [2.75, 3.05) is 50.4 Å². The number of benzene rings is 1. The molecule has 1 fully saturated rings. The topological polar surface area (TPSA) is 47.9 Å².